The third kappa shape index (κ3) is 3.48. The second-order valence-electron chi connectivity index (χ2n) is 4.81. The first kappa shape index (κ1) is 16.2. The van der Waals surface area contributed by atoms with E-state index in [-0.39, 0.29) is 4.90 Å². The van der Waals surface area contributed by atoms with Gasteiger partial charge in [-0.15, -0.1) is 0 Å². The van der Waals surface area contributed by atoms with Crippen LogP contribution in [0.4, 0.5) is 0 Å². The summed E-state index contributed by atoms with van der Waals surface area (Å²) in [6, 6.07) is 15.5. The van der Waals surface area contributed by atoms with E-state index < -0.39 is 10.0 Å². The maximum Gasteiger partial charge on any atom is 0.238 e. The van der Waals surface area contributed by atoms with Crippen molar-refractivity contribution in [3.05, 3.63) is 64.2 Å². The van der Waals surface area contributed by atoms with Crippen molar-refractivity contribution in [1.29, 1.82) is 0 Å². The first-order valence-corrected chi connectivity index (χ1v) is 9.21. The van der Waals surface area contributed by atoms with Gasteiger partial charge in [0, 0.05) is 10.6 Å². The molecule has 0 amide bonds. The molecule has 0 aliphatic carbocycles. The van der Waals surface area contributed by atoms with Crippen LogP contribution in [0.3, 0.4) is 0 Å². The smallest absolute Gasteiger partial charge is 0.232 e. The van der Waals surface area contributed by atoms with Gasteiger partial charge in [0.25, 0.3) is 0 Å². The molecule has 0 fully saturated rings. The monoisotopic (exact) mass is 411 g/mol. The van der Waals surface area contributed by atoms with Crippen LogP contribution in [0.25, 0.3) is 16.9 Å². The Hall–Kier alpha value is -1.67. The molecule has 118 valence electrons. The van der Waals surface area contributed by atoms with Crippen molar-refractivity contribution in [3.8, 4) is 16.9 Å². The number of aromatic nitrogens is 2. The number of hydrogen-bond donors (Lipinski definition) is 1. The molecular formula is C15H11BrClN3O2S. The summed E-state index contributed by atoms with van der Waals surface area (Å²) in [5, 5.41) is 10.2. The van der Waals surface area contributed by atoms with E-state index >= 15 is 0 Å². The van der Waals surface area contributed by atoms with Crippen LogP contribution < -0.4 is 5.14 Å². The predicted molar refractivity (Wildman–Crippen MR) is 93.1 cm³/mol. The summed E-state index contributed by atoms with van der Waals surface area (Å²) in [7, 11) is -3.72. The SMILES string of the molecule is NS(=O)(=O)c1ccc(-n2nc(Br)cc2-c2ccc(Cl)cc2)cc1. The summed E-state index contributed by atoms with van der Waals surface area (Å²) in [6.45, 7) is 0. The molecule has 0 bridgehead atoms. The highest BCUT2D eigenvalue weighted by Gasteiger charge is 2.12. The van der Waals surface area contributed by atoms with Crippen LogP contribution >= 0.6 is 27.5 Å². The largest absolute Gasteiger partial charge is 0.238 e. The Morgan fingerprint density at radius 1 is 1.04 bits per heavy atom. The molecule has 3 rings (SSSR count). The highest BCUT2D eigenvalue weighted by Crippen LogP contribution is 2.27. The van der Waals surface area contributed by atoms with Gasteiger partial charge in [-0.25, -0.2) is 18.2 Å². The number of benzene rings is 2. The van der Waals surface area contributed by atoms with Crippen LogP contribution in [0.15, 0.2) is 64.1 Å². The maximum absolute atomic E-state index is 11.3. The molecule has 0 radical (unpaired) electrons. The maximum atomic E-state index is 11.3. The van der Waals surface area contributed by atoms with Gasteiger partial charge in [0.05, 0.1) is 16.3 Å². The number of primary sulfonamides is 1. The van der Waals surface area contributed by atoms with Crippen LogP contribution in [0.1, 0.15) is 0 Å². The molecule has 0 saturated carbocycles. The Labute approximate surface area is 146 Å². The molecule has 0 unspecified atom stereocenters. The fourth-order valence-electron chi connectivity index (χ4n) is 2.15. The van der Waals surface area contributed by atoms with Crippen LogP contribution in [0.2, 0.25) is 5.02 Å². The van der Waals surface area contributed by atoms with Crippen molar-refractivity contribution in [2.45, 2.75) is 4.90 Å². The fraction of sp³-hybridized carbons (Fsp3) is 0. The Kier molecular flexibility index (Phi) is 4.29. The average Bonchev–Trinajstić information content (AvgIpc) is 2.89. The molecule has 0 atom stereocenters. The number of halogens is 2. The highest BCUT2D eigenvalue weighted by atomic mass is 79.9. The van der Waals surface area contributed by atoms with Gasteiger partial charge in [0.2, 0.25) is 10.0 Å². The molecule has 2 aromatic carbocycles. The molecule has 2 N–H and O–H groups in total. The van der Waals surface area contributed by atoms with E-state index in [0.29, 0.717) is 15.3 Å². The Morgan fingerprint density at radius 3 is 2.22 bits per heavy atom. The van der Waals surface area contributed by atoms with Gasteiger partial charge in [-0.05, 0) is 58.4 Å². The predicted octanol–water partition coefficient (Wildman–Crippen LogP) is 3.60. The molecule has 0 aliphatic rings. The van der Waals surface area contributed by atoms with Crippen molar-refractivity contribution < 1.29 is 8.42 Å². The third-order valence-corrected chi connectivity index (χ3v) is 4.80. The van der Waals surface area contributed by atoms with Crippen LogP contribution in [-0.4, -0.2) is 18.2 Å². The summed E-state index contributed by atoms with van der Waals surface area (Å²) in [5.74, 6) is 0. The van der Waals surface area contributed by atoms with Crippen molar-refractivity contribution in [1.82, 2.24) is 9.78 Å². The summed E-state index contributed by atoms with van der Waals surface area (Å²) in [5.41, 5.74) is 2.49. The number of rotatable bonds is 3. The zero-order valence-corrected chi connectivity index (χ0v) is 14.8. The van der Waals surface area contributed by atoms with Gasteiger partial charge in [-0.1, -0.05) is 23.7 Å². The van der Waals surface area contributed by atoms with E-state index in [9.17, 15) is 8.42 Å². The number of nitrogens with two attached hydrogens (primary N) is 1. The third-order valence-electron chi connectivity index (χ3n) is 3.23. The molecule has 5 nitrogen and oxygen atoms in total. The minimum absolute atomic E-state index is 0.0560. The number of nitrogens with zero attached hydrogens (tertiary/aromatic N) is 2. The zero-order chi connectivity index (χ0) is 16.6. The van der Waals surface area contributed by atoms with Crippen molar-refractivity contribution in [2.75, 3.05) is 0 Å². The summed E-state index contributed by atoms with van der Waals surface area (Å²) in [6.07, 6.45) is 0. The van der Waals surface area contributed by atoms with E-state index in [2.05, 4.69) is 21.0 Å². The lowest BCUT2D eigenvalue weighted by Crippen LogP contribution is -2.12. The minimum Gasteiger partial charge on any atom is -0.232 e. The molecule has 1 heterocycles. The number of hydrogen-bond acceptors (Lipinski definition) is 3. The molecule has 23 heavy (non-hydrogen) atoms. The van der Waals surface area contributed by atoms with E-state index in [1.54, 1.807) is 28.9 Å². The molecule has 0 aliphatic heterocycles. The van der Waals surface area contributed by atoms with Crippen molar-refractivity contribution in [3.63, 3.8) is 0 Å². The first-order valence-electron chi connectivity index (χ1n) is 6.49. The van der Waals surface area contributed by atoms with Crippen LogP contribution in [0, 0.1) is 0 Å². The summed E-state index contributed by atoms with van der Waals surface area (Å²) >= 11 is 9.29. The van der Waals surface area contributed by atoms with Gasteiger partial charge in [-0.2, -0.15) is 5.10 Å². The van der Waals surface area contributed by atoms with E-state index in [0.717, 1.165) is 11.3 Å². The van der Waals surface area contributed by atoms with Gasteiger partial charge >= 0.3 is 0 Å². The van der Waals surface area contributed by atoms with Crippen molar-refractivity contribution >= 4 is 37.6 Å². The molecule has 3 aromatic rings. The average molecular weight is 413 g/mol. The summed E-state index contributed by atoms with van der Waals surface area (Å²) < 4.78 is 25.1. The van der Waals surface area contributed by atoms with Crippen LogP contribution in [0.5, 0.6) is 0 Å². The fourth-order valence-corrected chi connectivity index (χ4v) is 3.17. The lowest BCUT2D eigenvalue weighted by atomic mass is 10.1. The molecular weight excluding hydrogens is 402 g/mol. The van der Waals surface area contributed by atoms with Gasteiger partial charge in [-0.3, -0.25) is 0 Å². The molecule has 0 saturated heterocycles. The topological polar surface area (TPSA) is 78.0 Å². The first-order chi connectivity index (χ1) is 10.8. The molecule has 8 heteroatoms. The van der Waals surface area contributed by atoms with Crippen LogP contribution in [-0.2, 0) is 10.0 Å². The van der Waals surface area contributed by atoms with Gasteiger partial charge < -0.3 is 0 Å². The second kappa shape index (κ2) is 6.09. The van der Waals surface area contributed by atoms with E-state index in [4.69, 9.17) is 16.7 Å². The minimum atomic E-state index is -3.72. The second-order valence-corrected chi connectivity index (χ2v) is 7.62. The van der Waals surface area contributed by atoms with E-state index in [1.807, 2.05) is 18.2 Å². The Morgan fingerprint density at radius 2 is 1.65 bits per heavy atom. The summed E-state index contributed by atoms with van der Waals surface area (Å²) in [4.78, 5) is 0.0560. The standard InChI is InChI=1S/C15H11BrClN3O2S/c16-15-9-14(10-1-3-11(17)4-2-10)20(19-15)12-5-7-13(8-6-12)23(18,21)22/h1-9H,(H2,18,21,22). The quantitative estimate of drug-likeness (QED) is 0.714. The van der Waals surface area contributed by atoms with E-state index in [1.165, 1.54) is 12.1 Å². The molecule has 0 spiro atoms. The van der Waals surface area contributed by atoms with Gasteiger partial charge in [0.1, 0.15) is 4.60 Å². The lowest BCUT2D eigenvalue weighted by Gasteiger charge is -2.08. The van der Waals surface area contributed by atoms with Gasteiger partial charge in [0.15, 0.2) is 0 Å². The zero-order valence-electron chi connectivity index (χ0n) is 11.6. The van der Waals surface area contributed by atoms with Crippen molar-refractivity contribution in [2.24, 2.45) is 5.14 Å². The highest BCUT2D eigenvalue weighted by molar-refractivity contribution is 9.10. The Bertz CT molecular complexity index is 951. The number of sulfonamides is 1. The molecule has 1 aromatic heterocycles. The Balaban J connectivity index is 2.09. The normalized spacial score (nSPS) is 11.6. The lowest BCUT2D eigenvalue weighted by molar-refractivity contribution is 0.598.